The van der Waals surface area contributed by atoms with E-state index in [1.165, 1.54) is 0 Å². The van der Waals surface area contributed by atoms with Gasteiger partial charge in [-0.05, 0) is 6.42 Å². The Kier molecular flexibility index (Phi) is 3.98. The zero-order valence-electron chi connectivity index (χ0n) is 4.89. The molecule has 0 unspecified atom stereocenters. The van der Waals surface area contributed by atoms with E-state index in [4.69, 9.17) is 0 Å². The van der Waals surface area contributed by atoms with Crippen LogP contribution in [0.1, 0.15) is 6.42 Å². The summed E-state index contributed by atoms with van der Waals surface area (Å²) in [6.07, 6.45) is 1.13. The van der Waals surface area contributed by atoms with E-state index in [1.54, 1.807) is 4.90 Å². The van der Waals surface area contributed by atoms with Crippen LogP contribution in [0.25, 0.3) is 0 Å². The molecule has 1 heterocycles. The molecule has 0 bridgehead atoms. The molecule has 0 aromatic rings. The Labute approximate surface area is 76.2 Å². The number of hydrogen-bond donors (Lipinski definition) is 0. The molecule has 1 aliphatic heterocycles. The first kappa shape index (κ1) is 8.69. The Balaban J connectivity index is 0.000000490. The molecule has 0 aliphatic carbocycles. The third kappa shape index (κ3) is 1.90. The van der Waals surface area contributed by atoms with E-state index in [2.05, 4.69) is 12.2 Å². The van der Waals surface area contributed by atoms with Gasteiger partial charge >= 0.3 is 29.6 Å². The molecule has 0 aromatic carbocycles. The fourth-order valence-electron chi connectivity index (χ4n) is 0.499. The summed E-state index contributed by atoms with van der Waals surface area (Å²) in [5.41, 5.74) is 0. The average Bonchev–Trinajstić information content (AvgIpc) is 1.23. The first-order valence-electron chi connectivity index (χ1n) is 2.26. The van der Waals surface area contributed by atoms with Crippen molar-refractivity contribution in [2.75, 3.05) is 13.1 Å². The van der Waals surface area contributed by atoms with Crippen molar-refractivity contribution in [3.63, 3.8) is 0 Å². The van der Waals surface area contributed by atoms with Crippen molar-refractivity contribution in [3.05, 3.63) is 0 Å². The maximum absolute atomic E-state index is 10.2. The zero-order chi connectivity index (χ0) is 5.28. The molecule has 2 nitrogen and oxygen atoms in total. The van der Waals surface area contributed by atoms with Gasteiger partial charge in [-0.25, -0.2) is 0 Å². The third-order valence-electron chi connectivity index (χ3n) is 1.11. The van der Waals surface area contributed by atoms with Crippen molar-refractivity contribution in [1.29, 1.82) is 0 Å². The first-order valence-corrected chi connectivity index (χ1v) is 2.67. The second kappa shape index (κ2) is 3.67. The molecule has 0 spiro atoms. The molecule has 1 aliphatic rings. The Morgan fingerprint density at radius 1 is 1.50 bits per heavy atom. The van der Waals surface area contributed by atoms with Crippen LogP contribution in [0.4, 0.5) is 0 Å². The van der Waals surface area contributed by atoms with E-state index in [0.29, 0.717) is 0 Å². The Bertz CT molecular complexity index is 94.0. The van der Waals surface area contributed by atoms with Crippen LogP contribution in [-0.2, 0) is 0 Å². The molecule has 0 atom stereocenters. The van der Waals surface area contributed by atoms with Gasteiger partial charge in [-0.2, -0.15) is 0 Å². The minimum absolute atomic E-state index is 0. The molecule has 0 amide bonds. The fraction of sp³-hybridized carbons (Fsp3) is 0.750. The van der Waals surface area contributed by atoms with Crippen molar-refractivity contribution in [2.24, 2.45) is 0 Å². The van der Waals surface area contributed by atoms with Gasteiger partial charge in [0.15, 0.2) is 0 Å². The molecule has 0 N–H and O–H groups in total. The summed E-state index contributed by atoms with van der Waals surface area (Å²) in [5, 5.41) is 9.96. The predicted molar refractivity (Wildman–Crippen MR) is 28.8 cm³/mol. The van der Waals surface area contributed by atoms with E-state index < -0.39 is 0 Å². The van der Waals surface area contributed by atoms with Crippen molar-refractivity contribution in [2.45, 2.75) is 6.42 Å². The standard InChI is InChI=1S/C4H7NOS.Na/c6-4(7)5-2-1-3-5;/h1-3H2,(H,6,7);/q;+1/p-1. The summed E-state index contributed by atoms with van der Waals surface area (Å²) in [6, 6.07) is 0. The smallest absolute Gasteiger partial charge is 0.852 e. The van der Waals surface area contributed by atoms with Gasteiger partial charge in [0.2, 0.25) is 0 Å². The maximum atomic E-state index is 10.2. The van der Waals surface area contributed by atoms with Gasteiger partial charge in [0.05, 0.1) is 0 Å². The van der Waals surface area contributed by atoms with Crippen LogP contribution < -0.4 is 34.7 Å². The Morgan fingerprint density at radius 3 is 2.00 bits per heavy atom. The zero-order valence-corrected chi connectivity index (χ0v) is 7.70. The van der Waals surface area contributed by atoms with Crippen LogP contribution in [0.15, 0.2) is 0 Å². The van der Waals surface area contributed by atoms with Gasteiger partial charge in [0, 0.05) is 18.3 Å². The van der Waals surface area contributed by atoms with Gasteiger partial charge in [0.1, 0.15) is 0 Å². The van der Waals surface area contributed by atoms with Crippen LogP contribution in [0.5, 0.6) is 0 Å². The van der Waals surface area contributed by atoms with Crippen LogP contribution in [0, 0.1) is 0 Å². The van der Waals surface area contributed by atoms with E-state index in [-0.39, 0.29) is 34.7 Å². The average molecular weight is 139 g/mol. The van der Waals surface area contributed by atoms with E-state index in [1.807, 2.05) is 0 Å². The summed E-state index contributed by atoms with van der Waals surface area (Å²) >= 11 is 4.34. The van der Waals surface area contributed by atoms with E-state index >= 15 is 0 Å². The molecular formula is C4H6NNaOS. The van der Waals surface area contributed by atoms with Crippen LogP contribution in [-0.4, -0.2) is 23.2 Å². The first-order chi connectivity index (χ1) is 3.30. The van der Waals surface area contributed by atoms with Crippen molar-refractivity contribution in [3.8, 4) is 0 Å². The quantitative estimate of drug-likeness (QED) is 0.256. The fourth-order valence-corrected chi connectivity index (χ4v) is 0.681. The van der Waals surface area contributed by atoms with Gasteiger partial charge in [-0.1, -0.05) is 12.2 Å². The molecule has 1 fully saturated rings. The number of likely N-dealkylation sites (tertiary alicyclic amines) is 1. The molecule has 40 valence electrons. The molecule has 0 aromatic heterocycles. The van der Waals surface area contributed by atoms with Crippen LogP contribution in [0.2, 0.25) is 0 Å². The molecule has 4 heteroatoms. The predicted octanol–water partition coefficient (Wildman–Crippen LogP) is -3.66. The largest absolute Gasteiger partial charge is 1.00 e. The minimum atomic E-state index is -0.203. The van der Waals surface area contributed by atoms with Crippen LogP contribution in [0.3, 0.4) is 0 Å². The van der Waals surface area contributed by atoms with E-state index in [0.717, 1.165) is 19.5 Å². The van der Waals surface area contributed by atoms with Crippen molar-refractivity contribution in [1.82, 2.24) is 4.90 Å². The van der Waals surface area contributed by atoms with Gasteiger partial charge in [-0.15, -0.1) is 0 Å². The van der Waals surface area contributed by atoms with Crippen molar-refractivity contribution < 1.29 is 34.7 Å². The normalized spacial score (nSPS) is 16.2. The molecule has 0 saturated carbocycles. The summed E-state index contributed by atoms with van der Waals surface area (Å²) in [6.45, 7) is 1.75. The third-order valence-corrected chi connectivity index (χ3v) is 1.37. The van der Waals surface area contributed by atoms with Crippen molar-refractivity contribution >= 4 is 17.4 Å². The van der Waals surface area contributed by atoms with Gasteiger partial charge in [0.25, 0.3) is 0 Å². The topological polar surface area (TPSA) is 26.3 Å². The molecular weight excluding hydrogens is 133 g/mol. The summed E-state index contributed by atoms with van der Waals surface area (Å²) in [7, 11) is 0. The van der Waals surface area contributed by atoms with Gasteiger partial charge in [-0.3, -0.25) is 0 Å². The monoisotopic (exact) mass is 139 g/mol. The number of nitrogens with zero attached hydrogens (tertiary/aromatic N) is 1. The summed E-state index contributed by atoms with van der Waals surface area (Å²) < 4.78 is 0. The van der Waals surface area contributed by atoms with Crippen LogP contribution >= 0.6 is 12.2 Å². The second-order valence-electron chi connectivity index (χ2n) is 1.61. The minimum Gasteiger partial charge on any atom is -0.852 e. The summed E-state index contributed by atoms with van der Waals surface area (Å²) in [5.74, 6) is 0. The molecule has 1 rings (SSSR count). The number of hydrogen-bond acceptors (Lipinski definition) is 2. The SMILES string of the molecule is [Na+].[O-]C(=S)N1CCC1. The maximum Gasteiger partial charge on any atom is 1.00 e. The van der Waals surface area contributed by atoms with E-state index in [9.17, 15) is 5.11 Å². The van der Waals surface area contributed by atoms with Gasteiger partial charge < -0.3 is 10.0 Å². The Hall–Kier alpha value is 0.690. The number of thiocarbonyl (C=S) groups is 1. The Morgan fingerprint density at radius 2 is 2.00 bits per heavy atom. The molecule has 1 saturated heterocycles. The summed E-state index contributed by atoms with van der Waals surface area (Å²) in [4.78, 5) is 1.65. The second-order valence-corrected chi connectivity index (χ2v) is 1.96. The molecule has 8 heavy (non-hydrogen) atoms. The molecule has 0 radical (unpaired) electrons. The number of rotatable bonds is 0.